The van der Waals surface area contributed by atoms with E-state index in [9.17, 15) is 18.7 Å². The molecule has 0 aliphatic rings. The minimum atomic E-state index is -1.08. The summed E-state index contributed by atoms with van der Waals surface area (Å²) in [6.45, 7) is -0.222. The summed E-state index contributed by atoms with van der Waals surface area (Å²) in [6.07, 6.45) is 4.42. The first kappa shape index (κ1) is 17.8. The van der Waals surface area contributed by atoms with Gasteiger partial charge in [0.1, 0.15) is 5.65 Å². The van der Waals surface area contributed by atoms with Gasteiger partial charge in [0.2, 0.25) is 0 Å². The summed E-state index contributed by atoms with van der Waals surface area (Å²) in [6, 6.07) is 5.35. The number of ketones is 1. The largest absolute Gasteiger partial charge is 0.392 e. The van der Waals surface area contributed by atoms with Crippen molar-refractivity contribution in [2.45, 2.75) is 6.61 Å². The molecule has 3 aromatic rings. The van der Waals surface area contributed by atoms with Crippen LogP contribution in [0.3, 0.4) is 0 Å². The molecule has 1 aromatic carbocycles. The normalized spacial score (nSPS) is 11.8. The molecular formula is C19H17F2N3O2. The van der Waals surface area contributed by atoms with Crippen LogP contribution in [-0.2, 0) is 6.61 Å². The smallest absolute Gasteiger partial charge is 0.197 e. The van der Waals surface area contributed by atoms with Gasteiger partial charge in [0, 0.05) is 54.8 Å². The number of allylic oxidation sites excluding steroid dienone is 1. The third-order valence-electron chi connectivity index (χ3n) is 3.89. The molecule has 0 atom stereocenters. The SMILES string of the molecule is CN(C)/C=C(/C(=O)c1c[nH]c2ncc(CO)cc12)c1cccc(F)c1F. The Balaban J connectivity index is 2.17. The highest BCUT2D eigenvalue weighted by Crippen LogP contribution is 2.28. The quantitative estimate of drug-likeness (QED) is 0.544. The van der Waals surface area contributed by atoms with Crippen molar-refractivity contribution in [2.24, 2.45) is 0 Å². The number of Topliss-reactive ketones (excluding diaryl/α,β-unsaturated/α-hetero) is 1. The molecule has 2 aromatic heterocycles. The zero-order valence-corrected chi connectivity index (χ0v) is 14.3. The van der Waals surface area contributed by atoms with E-state index >= 15 is 0 Å². The number of rotatable bonds is 5. The van der Waals surface area contributed by atoms with Crippen LogP contribution in [0.25, 0.3) is 16.6 Å². The summed E-state index contributed by atoms with van der Waals surface area (Å²) >= 11 is 0. The van der Waals surface area contributed by atoms with Crippen LogP contribution in [0.2, 0.25) is 0 Å². The molecule has 0 amide bonds. The Morgan fingerprint density at radius 1 is 1.31 bits per heavy atom. The number of pyridine rings is 1. The third kappa shape index (κ3) is 3.21. The predicted molar refractivity (Wildman–Crippen MR) is 94.4 cm³/mol. The van der Waals surface area contributed by atoms with Crippen LogP contribution in [0.5, 0.6) is 0 Å². The Labute approximate surface area is 148 Å². The van der Waals surface area contributed by atoms with Gasteiger partial charge in [0.05, 0.1) is 6.61 Å². The van der Waals surface area contributed by atoms with Crippen molar-refractivity contribution in [2.75, 3.05) is 14.1 Å². The molecule has 0 unspecified atom stereocenters. The van der Waals surface area contributed by atoms with E-state index < -0.39 is 17.4 Å². The second kappa shape index (κ2) is 7.05. The molecule has 0 saturated carbocycles. The number of aliphatic hydroxyl groups is 1. The van der Waals surface area contributed by atoms with Crippen molar-refractivity contribution in [1.82, 2.24) is 14.9 Å². The second-order valence-corrected chi connectivity index (χ2v) is 6.04. The molecular weight excluding hydrogens is 340 g/mol. The number of aliphatic hydroxyl groups excluding tert-OH is 1. The lowest BCUT2D eigenvalue weighted by Gasteiger charge is -2.12. The number of hydrogen-bond donors (Lipinski definition) is 2. The standard InChI is InChI=1S/C19H17F2N3O2/c1-24(2)9-15(12-4-3-5-16(20)17(12)21)18(26)14-8-23-19-13(14)6-11(10-25)7-22-19/h3-9,25H,10H2,1-2H3,(H,22,23)/b15-9+. The first-order valence-electron chi connectivity index (χ1n) is 7.86. The number of carbonyl (C=O) groups is 1. The lowest BCUT2D eigenvalue weighted by atomic mass is 9.96. The molecule has 3 rings (SSSR count). The maximum absolute atomic E-state index is 14.3. The van der Waals surface area contributed by atoms with Crippen molar-refractivity contribution in [3.63, 3.8) is 0 Å². The molecule has 26 heavy (non-hydrogen) atoms. The summed E-state index contributed by atoms with van der Waals surface area (Å²) in [5.74, 6) is -2.59. The fourth-order valence-electron chi connectivity index (χ4n) is 2.69. The van der Waals surface area contributed by atoms with Gasteiger partial charge in [-0.2, -0.15) is 0 Å². The zero-order valence-electron chi connectivity index (χ0n) is 14.3. The number of nitrogens with one attached hydrogen (secondary N) is 1. The Bertz CT molecular complexity index is 1010. The van der Waals surface area contributed by atoms with Crippen LogP contribution in [0.4, 0.5) is 8.78 Å². The number of halogens is 2. The monoisotopic (exact) mass is 357 g/mol. The van der Waals surface area contributed by atoms with Crippen molar-refractivity contribution in [3.8, 4) is 0 Å². The van der Waals surface area contributed by atoms with Gasteiger partial charge < -0.3 is 15.0 Å². The summed E-state index contributed by atoms with van der Waals surface area (Å²) in [5, 5.41) is 9.80. The summed E-state index contributed by atoms with van der Waals surface area (Å²) in [7, 11) is 3.37. The number of benzene rings is 1. The number of nitrogens with zero attached hydrogens (tertiary/aromatic N) is 2. The van der Waals surface area contributed by atoms with Crippen LogP contribution in [0.15, 0.2) is 42.9 Å². The molecule has 134 valence electrons. The van der Waals surface area contributed by atoms with E-state index in [1.165, 1.54) is 30.7 Å². The van der Waals surface area contributed by atoms with Gasteiger partial charge in [-0.25, -0.2) is 13.8 Å². The van der Waals surface area contributed by atoms with E-state index in [1.54, 1.807) is 25.1 Å². The average Bonchev–Trinajstić information content (AvgIpc) is 3.04. The van der Waals surface area contributed by atoms with E-state index in [0.29, 0.717) is 16.6 Å². The lowest BCUT2D eigenvalue weighted by molar-refractivity contribution is 0.105. The molecule has 0 bridgehead atoms. The van der Waals surface area contributed by atoms with Gasteiger partial charge >= 0.3 is 0 Å². The molecule has 0 saturated heterocycles. The third-order valence-corrected chi connectivity index (χ3v) is 3.89. The number of fused-ring (bicyclic) bond motifs is 1. The second-order valence-electron chi connectivity index (χ2n) is 6.04. The lowest BCUT2D eigenvalue weighted by Crippen LogP contribution is -2.11. The molecule has 7 heteroatoms. The maximum atomic E-state index is 14.3. The van der Waals surface area contributed by atoms with Crippen LogP contribution in [-0.4, -0.2) is 39.9 Å². The molecule has 5 nitrogen and oxygen atoms in total. The highest BCUT2D eigenvalue weighted by Gasteiger charge is 2.23. The van der Waals surface area contributed by atoms with Crippen LogP contribution in [0, 0.1) is 11.6 Å². The predicted octanol–water partition coefficient (Wildman–Crippen LogP) is 3.12. The van der Waals surface area contributed by atoms with E-state index in [4.69, 9.17) is 0 Å². The highest BCUT2D eigenvalue weighted by atomic mass is 19.2. The fourth-order valence-corrected chi connectivity index (χ4v) is 2.69. The van der Waals surface area contributed by atoms with Crippen molar-refractivity contribution >= 4 is 22.4 Å². The molecule has 0 radical (unpaired) electrons. The number of aromatic amines is 1. The van der Waals surface area contributed by atoms with Gasteiger partial charge in [-0.05, 0) is 17.7 Å². The van der Waals surface area contributed by atoms with E-state index in [2.05, 4.69) is 9.97 Å². The van der Waals surface area contributed by atoms with Gasteiger partial charge in [0.15, 0.2) is 17.4 Å². The molecule has 0 aliphatic heterocycles. The number of H-pyrrole nitrogens is 1. The van der Waals surface area contributed by atoms with Crippen molar-refractivity contribution < 1.29 is 18.7 Å². The molecule has 0 fully saturated rings. The van der Waals surface area contributed by atoms with E-state index in [-0.39, 0.29) is 23.3 Å². The summed E-state index contributed by atoms with van der Waals surface area (Å²) in [5.41, 5.74) is 1.17. The Kier molecular flexibility index (Phi) is 4.81. The van der Waals surface area contributed by atoms with E-state index in [0.717, 1.165) is 6.07 Å². The van der Waals surface area contributed by atoms with Crippen LogP contribution in [0.1, 0.15) is 21.5 Å². The minimum Gasteiger partial charge on any atom is -0.392 e. The molecule has 0 aliphatic carbocycles. The first-order chi connectivity index (χ1) is 12.4. The highest BCUT2D eigenvalue weighted by molar-refractivity contribution is 6.32. The number of carbonyl (C=O) groups excluding carboxylic acids is 1. The van der Waals surface area contributed by atoms with Gasteiger partial charge in [0.25, 0.3) is 0 Å². The zero-order chi connectivity index (χ0) is 18.8. The van der Waals surface area contributed by atoms with Gasteiger partial charge in [-0.15, -0.1) is 0 Å². The van der Waals surface area contributed by atoms with Gasteiger partial charge in [-0.1, -0.05) is 12.1 Å². The molecule has 2 N–H and O–H groups in total. The van der Waals surface area contributed by atoms with E-state index in [1.807, 2.05) is 0 Å². The Hall–Kier alpha value is -3.06. The van der Waals surface area contributed by atoms with Crippen LogP contribution >= 0.6 is 0 Å². The Morgan fingerprint density at radius 3 is 2.77 bits per heavy atom. The summed E-state index contributed by atoms with van der Waals surface area (Å²) < 4.78 is 28.0. The molecule has 2 heterocycles. The Morgan fingerprint density at radius 2 is 2.08 bits per heavy atom. The topological polar surface area (TPSA) is 69.2 Å². The van der Waals surface area contributed by atoms with Crippen molar-refractivity contribution in [3.05, 3.63) is 71.2 Å². The summed E-state index contributed by atoms with van der Waals surface area (Å²) in [4.78, 5) is 21.7. The van der Waals surface area contributed by atoms with Crippen molar-refractivity contribution in [1.29, 1.82) is 0 Å². The fraction of sp³-hybridized carbons (Fsp3) is 0.158. The maximum Gasteiger partial charge on any atom is 0.197 e. The number of aromatic nitrogens is 2. The van der Waals surface area contributed by atoms with Gasteiger partial charge in [-0.3, -0.25) is 4.79 Å². The molecule has 0 spiro atoms. The average molecular weight is 357 g/mol. The van der Waals surface area contributed by atoms with Crippen LogP contribution < -0.4 is 0 Å². The first-order valence-corrected chi connectivity index (χ1v) is 7.86. The minimum absolute atomic E-state index is 0.0160. The number of hydrogen-bond acceptors (Lipinski definition) is 4.